The highest BCUT2D eigenvalue weighted by molar-refractivity contribution is 5.83. The van der Waals surface area contributed by atoms with Crippen LogP contribution in [-0.4, -0.2) is 100 Å². The number of hydrogen-bond donors (Lipinski definition) is 5. The lowest BCUT2D eigenvalue weighted by molar-refractivity contribution is -0.155. The lowest BCUT2D eigenvalue weighted by atomic mass is 9.96. The van der Waals surface area contributed by atoms with E-state index in [1.54, 1.807) is 27.7 Å². The molecular formula is C24H38N4O11. The Balaban J connectivity index is 1.67. The first-order valence-electron chi connectivity index (χ1n) is 12.4. The molecule has 1 unspecified atom stereocenters. The zero-order valence-corrected chi connectivity index (χ0v) is 22.7. The van der Waals surface area contributed by atoms with Crippen molar-refractivity contribution in [2.75, 3.05) is 44.8 Å². The molecule has 1 aliphatic rings. The molecule has 1 amide bonds. The number of rotatable bonds is 12. The fraction of sp³-hybridized carbons (Fsp3) is 0.708. The third-order valence-corrected chi connectivity index (χ3v) is 5.67. The Morgan fingerprint density at radius 2 is 1.90 bits per heavy atom. The SMILES string of the molecule is CC(COC(=O)CNCCOC(=O)Nc1ccn([C@@H]2O[C@H](CO)[C@@H](O)[C@@]2(C)O)c(=O)n1)COC(=O)C(C)(C)C. The molecule has 0 aromatic carbocycles. The number of ether oxygens (including phenoxy) is 4. The summed E-state index contributed by atoms with van der Waals surface area (Å²) in [6.07, 6.45) is -3.52. The third-order valence-electron chi connectivity index (χ3n) is 5.67. The van der Waals surface area contributed by atoms with Crippen LogP contribution in [0.25, 0.3) is 0 Å². The predicted octanol–water partition coefficient (Wildman–Crippen LogP) is -0.848. The van der Waals surface area contributed by atoms with E-state index in [0.717, 1.165) is 4.57 Å². The van der Waals surface area contributed by atoms with Crippen LogP contribution < -0.4 is 16.3 Å². The number of esters is 2. The zero-order valence-electron chi connectivity index (χ0n) is 22.7. The maximum Gasteiger partial charge on any atom is 0.412 e. The average Bonchev–Trinajstić information content (AvgIpc) is 3.08. The minimum atomic E-state index is -1.87. The molecule has 1 saturated heterocycles. The van der Waals surface area contributed by atoms with Crippen molar-refractivity contribution in [1.29, 1.82) is 0 Å². The van der Waals surface area contributed by atoms with Crippen LogP contribution in [-0.2, 0) is 28.5 Å². The summed E-state index contributed by atoms with van der Waals surface area (Å²) in [5.41, 5.74) is -3.36. The van der Waals surface area contributed by atoms with Gasteiger partial charge in [-0.15, -0.1) is 0 Å². The van der Waals surface area contributed by atoms with E-state index in [1.807, 2.05) is 0 Å². The van der Waals surface area contributed by atoms with Crippen LogP contribution >= 0.6 is 0 Å². The van der Waals surface area contributed by atoms with Crippen molar-refractivity contribution in [3.63, 3.8) is 0 Å². The molecule has 0 saturated carbocycles. The fourth-order valence-corrected chi connectivity index (χ4v) is 3.37. The summed E-state index contributed by atoms with van der Waals surface area (Å²) >= 11 is 0. The minimum absolute atomic E-state index is 0.0790. The number of hydrogen-bond acceptors (Lipinski definition) is 13. The van der Waals surface area contributed by atoms with Gasteiger partial charge < -0.3 is 39.6 Å². The number of carbonyl (C=O) groups excluding carboxylic acids is 3. The lowest BCUT2D eigenvalue weighted by Crippen LogP contribution is -2.46. The largest absolute Gasteiger partial charge is 0.465 e. The van der Waals surface area contributed by atoms with Gasteiger partial charge in [0.05, 0.1) is 31.8 Å². The van der Waals surface area contributed by atoms with E-state index >= 15 is 0 Å². The van der Waals surface area contributed by atoms with E-state index in [9.17, 15) is 34.5 Å². The molecule has 0 bridgehead atoms. The second kappa shape index (κ2) is 13.8. The number of aromatic nitrogens is 2. The van der Waals surface area contributed by atoms with Gasteiger partial charge in [-0.3, -0.25) is 19.5 Å². The van der Waals surface area contributed by atoms with Gasteiger partial charge in [0.25, 0.3) is 0 Å². The average molecular weight is 559 g/mol. The smallest absolute Gasteiger partial charge is 0.412 e. The molecule has 2 rings (SSSR count). The van der Waals surface area contributed by atoms with Crippen molar-refractivity contribution in [3.05, 3.63) is 22.7 Å². The van der Waals surface area contributed by atoms with Gasteiger partial charge in [-0.05, 0) is 33.8 Å². The number of amides is 1. The Bertz CT molecular complexity index is 1050. The van der Waals surface area contributed by atoms with Crippen LogP contribution in [0.15, 0.2) is 17.1 Å². The Morgan fingerprint density at radius 3 is 2.49 bits per heavy atom. The van der Waals surface area contributed by atoms with Crippen molar-refractivity contribution in [2.24, 2.45) is 11.3 Å². The van der Waals surface area contributed by atoms with E-state index in [0.29, 0.717) is 0 Å². The summed E-state index contributed by atoms with van der Waals surface area (Å²) in [6, 6.07) is 1.26. The summed E-state index contributed by atoms with van der Waals surface area (Å²) < 4.78 is 21.6. The van der Waals surface area contributed by atoms with Gasteiger partial charge >= 0.3 is 23.7 Å². The zero-order chi connectivity index (χ0) is 29.4. The Labute approximate surface area is 225 Å². The molecule has 1 fully saturated rings. The van der Waals surface area contributed by atoms with E-state index in [-0.39, 0.29) is 50.6 Å². The Hall–Kier alpha value is -3.11. The van der Waals surface area contributed by atoms with Crippen LogP contribution in [0.3, 0.4) is 0 Å². The van der Waals surface area contributed by atoms with Crippen LogP contribution in [0.5, 0.6) is 0 Å². The maximum absolute atomic E-state index is 12.4. The van der Waals surface area contributed by atoms with E-state index in [1.165, 1.54) is 19.2 Å². The molecule has 220 valence electrons. The molecule has 5 atom stereocenters. The summed E-state index contributed by atoms with van der Waals surface area (Å²) in [4.78, 5) is 51.7. The Kier molecular flexibility index (Phi) is 11.4. The number of anilines is 1. The summed E-state index contributed by atoms with van der Waals surface area (Å²) in [6.45, 7) is 7.84. The second-order valence-electron chi connectivity index (χ2n) is 10.5. The van der Waals surface area contributed by atoms with Crippen molar-refractivity contribution >= 4 is 23.8 Å². The molecule has 0 spiro atoms. The van der Waals surface area contributed by atoms with Gasteiger partial charge in [0.2, 0.25) is 0 Å². The number of aliphatic hydroxyl groups is 3. The quantitative estimate of drug-likeness (QED) is 0.120. The summed E-state index contributed by atoms with van der Waals surface area (Å²) in [5, 5.41) is 34.9. The molecule has 5 N–H and O–H groups in total. The molecule has 1 aromatic rings. The summed E-state index contributed by atoms with van der Waals surface area (Å²) in [7, 11) is 0. The van der Waals surface area contributed by atoms with Gasteiger partial charge in [0, 0.05) is 18.7 Å². The van der Waals surface area contributed by atoms with Gasteiger partial charge in [0.1, 0.15) is 30.2 Å². The first kappa shape index (κ1) is 32.1. The van der Waals surface area contributed by atoms with E-state index < -0.39 is 53.8 Å². The second-order valence-corrected chi connectivity index (χ2v) is 10.5. The highest BCUT2D eigenvalue weighted by Crippen LogP contribution is 2.37. The predicted molar refractivity (Wildman–Crippen MR) is 135 cm³/mol. The molecule has 0 aliphatic carbocycles. The molecule has 39 heavy (non-hydrogen) atoms. The lowest BCUT2D eigenvalue weighted by Gasteiger charge is -2.27. The maximum atomic E-state index is 12.4. The first-order chi connectivity index (χ1) is 18.2. The molecule has 1 aromatic heterocycles. The molecule has 15 nitrogen and oxygen atoms in total. The highest BCUT2D eigenvalue weighted by Gasteiger charge is 2.53. The molecule has 15 heteroatoms. The first-order valence-corrected chi connectivity index (χ1v) is 12.4. The third kappa shape index (κ3) is 9.25. The Morgan fingerprint density at radius 1 is 1.23 bits per heavy atom. The van der Waals surface area contributed by atoms with Crippen molar-refractivity contribution in [1.82, 2.24) is 14.9 Å². The normalized spacial score (nSPS) is 23.6. The van der Waals surface area contributed by atoms with Crippen LogP contribution in [0.1, 0.15) is 40.8 Å². The number of aliphatic hydroxyl groups excluding tert-OH is 2. The van der Waals surface area contributed by atoms with Crippen molar-refractivity contribution < 1.29 is 48.7 Å². The summed E-state index contributed by atoms with van der Waals surface area (Å²) in [5.74, 6) is -1.17. The standard InChI is InChI=1S/C24H38N4O11/c1-14(13-38-20(32)23(2,3)4)12-37-17(30)10-25-7-9-36-22(34)27-16-6-8-28(21(33)26-16)19-24(5,35)18(31)15(11-29)39-19/h6,8,14-15,18-19,25,29,31,35H,7,9-13H2,1-5H3,(H,26,27,33,34)/t14?,15-,18-,19-,24-/m1/s1. The molecule has 2 heterocycles. The van der Waals surface area contributed by atoms with Crippen molar-refractivity contribution in [3.8, 4) is 0 Å². The number of carbonyl (C=O) groups is 3. The molecular weight excluding hydrogens is 520 g/mol. The molecule has 1 aliphatic heterocycles. The van der Waals surface area contributed by atoms with Crippen LogP contribution in [0.4, 0.5) is 10.6 Å². The van der Waals surface area contributed by atoms with Crippen molar-refractivity contribution in [2.45, 2.75) is 58.7 Å². The fourth-order valence-electron chi connectivity index (χ4n) is 3.37. The topological polar surface area (TPSA) is 208 Å². The van der Waals surface area contributed by atoms with Crippen LogP contribution in [0.2, 0.25) is 0 Å². The number of nitrogens with zero attached hydrogens (tertiary/aromatic N) is 2. The highest BCUT2D eigenvalue weighted by atomic mass is 16.6. The van der Waals surface area contributed by atoms with Gasteiger partial charge in [0.15, 0.2) is 6.23 Å². The monoisotopic (exact) mass is 558 g/mol. The van der Waals surface area contributed by atoms with E-state index in [2.05, 4.69) is 15.6 Å². The van der Waals surface area contributed by atoms with Gasteiger partial charge in [-0.25, -0.2) is 9.59 Å². The van der Waals surface area contributed by atoms with Crippen LogP contribution in [0, 0.1) is 11.3 Å². The van der Waals surface area contributed by atoms with E-state index in [4.69, 9.17) is 18.9 Å². The molecule has 0 radical (unpaired) electrons. The minimum Gasteiger partial charge on any atom is -0.465 e. The van der Waals surface area contributed by atoms with Gasteiger partial charge in [-0.2, -0.15) is 4.98 Å². The number of nitrogens with one attached hydrogen (secondary N) is 2. The van der Waals surface area contributed by atoms with Gasteiger partial charge in [-0.1, -0.05) is 6.92 Å².